The third kappa shape index (κ3) is 3.80. The standard InChI is InChI=1S/C4F7NO5S/c5-1(3(7,8)12(13)14)2(6)4(9,10)17-18(11,15)16. The van der Waals surface area contributed by atoms with Gasteiger partial charge in [0.1, 0.15) is 4.92 Å². The van der Waals surface area contributed by atoms with Crippen molar-refractivity contribution in [2.24, 2.45) is 0 Å². The summed E-state index contributed by atoms with van der Waals surface area (Å²) in [6.07, 6.45) is -6.00. The van der Waals surface area contributed by atoms with Crippen molar-refractivity contribution in [2.45, 2.75) is 12.2 Å². The van der Waals surface area contributed by atoms with Crippen molar-refractivity contribution < 1.29 is 47.8 Å². The Kier molecular flexibility index (Phi) is 4.30. The minimum atomic E-state index is -6.53. The quantitative estimate of drug-likeness (QED) is 0.254. The van der Waals surface area contributed by atoms with Crippen molar-refractivity contribution in [3.8, 4) is 0 Å². The van der Waals surface area contributed by atoms with Crippen LogP contribution in [0.4, 0.5) is 30.2 Å². The summed E-state index contributed by atoms with van der Waals surface area (Å²) in [5, 5.41) is 9.52. The van der Waals surface area contributed by atoms with Gasteiger partial charge in [-0.1, -0.05) is 3.89 Å². The first kappa shape index (κ1) is 16.6. The molecule has 0 bridgehead atoms. The van der Waals surface area contributed by atoms with E-state index in [1.54, 1.807) is 0 Å². The minimum absolute atomic E-state index is 2.03. The van der Waals surface area contributed by atoms with Gasteiger partial charge in [0, 0.05) is 0 Å². The molecule has 0 saturated carbocycles. The average molecular weight is 307 g/mol. The maximum absolute atomic E-state index is 12.4. The molecule has 0 atom stereocenters. The number of halogens is 7. The van der Waals surface area contributed by atoms with Crippen molar-refractivity contribution in [1.29, 1.82) is 0 Å². The zero-order valence-electron chi connectivity index (χ0n) is 7.54. The van der Waals surface area contributed by atoms with E-state index in [1.807, 2.05) is 4.18 Å². The SMILES string of the molecule is O=[N+]([O-])C(F)(F)C(F)=C(F)C(F)(F)OS(=O)(=O)F. The lowest BCUT2D eigenvalue weighted by atomic mass is 10.3. The van der Waals surface area contributed by atoms with E-state index >= 15 is 0 Å². The van der Waals surface area contributed by atoms with E-state index in [9.17, 15) is 48.8 Å². The number of alkyl halides is 4. The second-order valence-electron chi connectivity index (χ2n) is 2.42. The lowest BCUT2D eigenvalue weighted by molar-refractivity contribution is -0.633. The van der Waals surface area contributed by atoms with Crippen molar-refractivity contribution in [3.05, 3.63) is 21.8 Å². The summed E-state index contributed by atoms with van der Waals surface area (Å²) >= 11 is 0. The fourth-order valence-electron chi connectivity index (χ4n) is 0.502. The average Bonchev–Trinajstić information content (AvgIpc) is 2.11. The topological polar surface area (TPSA) is 86.5 Å². The largest absolute Gasteiger partial charge is 0.569 e. The first-order valence-corrected chi connectivity index (χ1v) is 4.64. The van der Waals surface area contributed by atoms with Crippen molar-refractivity contribution in [3.63, 3.8) is 0 Å². The van der Waals surface area contributed by atoms with Gasteiger partial charge in [-0.25, -0.2) is 0 Å². The van der Waals surface area contributed by atoms with Gasteiger partial charge in [0.15, 0.2) is 0 Å². The highest BCUT2D eigenvalue weighted by atomic mass is 32.3. The summed E-state index contributed by atoms with van der Waals surface area (Å²) in [6.45, 7) is 0. The molecule has 0 aliphatic rings. The molecule has 0 spiro atoms. The highest BCUT2D eigenvalue weighted by Gasteiger charge is 2.58. The van der Waals surface area contributed by atoms with Crippen LogP contribution in [0.3, 0.4) is 0 Å². The van der Waals surface area contributed by atoms with Gasteiger partial charge < -0.3 is 0 Å². The summed E-state index contributed by atoms with van der Waals surface area (Å²) in [6, 6.07) is -5.91. The second kappa shape index (κ2) is 4.68. The van der Waals surface area contributed by atoms with Gasteiger partial charge in [-0.05, 0) is 0 Å². The molecule has 0 aliphatic heterocycles. The van der Waals surface area contributed by atoms with Crippen LogP contribution in [0.25, 0.3) is 0 Å². The van der Waals surface area contributed by atoms with Gasteiger partial charge >= 0.3 is 22.7 Å². The molecule has 0 rings (SSSR count). The molecule has 0 fully saturated rings. The molecule has 6 nitrogen and oxygen atoms in total. The van der Waals surface area contributed by atoms with Crippen LogP contribution in [-0.2, 0) is 14.7 Å². The van der Waals surface area contributed by atoms with E-state index in [4.69, 9.17) is 0 Å². The highest BCUT2D eigenvalue weighted by Crippen LogP contribution is 2.37. The molecule has 0 aromatic rings. The normalized spacial score (nSPS) is 15.3. The van der Waals surface area contributed by atoms with E-state index in [1.165, 1.54) is 0 Å². The zero-order chi connectivity index (χ0) is 14.9. The molecule has 0 radical (unpaired) electrons. The lowest BCUT2D eigenvalue weighted by Gasteiger charge is -2.12. The second-order valence-corrected chi connectivity index (χ2v) is 3.37. The van der Waals surface area contributed by atoms with Crippen LogP contribution >= 0.6 is 0 Å². The lowest BCUT2D eigenvalue weighted by Crippen LogP contribution is -2.33. The fraction of sp³-hybridized carbons (Fsp3) is 0.500. The Balaban J connectivity index is 5.62. The zero-order valence-corrected chi connectivity index (χ0v) is 8.36. The molecule has 0 N–H and O–H groups in total. The molecule has 0 aromatic carbocycles. The molecule has 0 heterocycles. The van der Waals surface area contributed by atoms with Gasteiger partial charge in [-0.3, -0.25) is 10.1 Å². The van der Waals surface area contributed by atoms with E-state index in [0.29, 0.717) is 0 Å². The molecule has 0 aromatic heterocycles. The maximum atomic E-state index is 12.4. The summed E-state index contributed by atoms with van der Waals surface area (Å²) in [5.74, 6) is -7.88. The van der Waals surface area contributed by atoms with E-state index in [-0.39, 0.29) is 0 Å². The Hall–Kier alpha value is -1.44. The van der Waals surface area contributed by atoms with Crippen LogP contribution < -0.4 is 0 Å². The first-order valence-electron chi connectivity index (χ1n) is 3.33. The van der Waals surface area contributed by atoms with Gasteiger partial charge in [-0.15, -0.1) is 8.78 Å². The summed E-state index contributed by atoms with van der Waals surface area (Å²) in [7, 11) is -6.53. The molecule has 14 heteroatoms. The minimum Gasteiger partial charge on any atom is -0.259 e. The summed E-state index contributed by atoms with van der Waals surface area (Å²) < 4.78 is 106. The molecular formula is C4F7NO5S. The van der Waals surface area contributed by atoms with Crippen LogP contribution in [0.15, 0.2) is 11.7 Å². The predicted molar refractivity (Wildman–Crippen MR) is 37.2 cm³/mol. The maximum Gasteiger partial charge on any atom is 0.569 e. The Morgan fingerprint density at radius 2 is 1.50 bits per heavy atom. The van der Waals surface area contributed by atoms with Crippen LogP contribution in [0.1, 0.15) is 0 Å². The molecule has 0 saturated heterocycles. The predicted octanol–water partition coefficient (Wildman–Crippen LogP) is 1.83. The van der Waals surface area contributed by atoms with Crippen LogP contribution in [0.2, 0.25) is 0 Å². The molecular weight excluding hydrogens is 307 g/mol. The molecule has 0 unspecified atom stereocenters. The fourth-order valence-corrected chi connectivity index (χ4v) is 0.825. The Labute approximate surface area is 93.2 Å². The number of hydrogen-bond donors (Lipinski definition) is 0. The summed E-state index contributed by atoms with van der Waals surface area (Å²) in [5.41, 5.74) is 0. The monoisotopic (exact) mass is 307 g/mol. The van der Waals surface area contributed by atoms with E-state index in [2.05, 4.69) is 0 Å². The van der Waals surface area contributed by atoms with Crippen LogP contribution in [0.5, 0.6) is 0 Å². The van der Waals surface area contributed by atoms with Gasteiger partial charge in [-0.2, -0.15) is 30.2 Å². The third-order valence-corrected chi connectivity index (χ3v) is 1.55. The Bertz CT molecular complexity index is 484. The van der Waals surface area contributed by atoms with Crippen molar-refractivity contribution in [1.82, 2.24) is 0 Å². The van der Waals surface area contributed by atoms with Crippen LogP contribution in [-0.4, -0.2) is 25.5 Å². The molecule has 106 valence electrons. The highest BCUT2D eigenvalue weighted by molar-refractivity contribution is 7.81. The Morgan fingerprint density at radius 3 is 1.78 bits per heavy atom. The molecule has 0 aliphatic carbocycles. The number of nitro groups is 1. The number of hydrogen-bond acceptors (Lipinski definition) is 5. The van der Waals surface area contributed by atoms with E-state index in [0.717, 1.165) is 0 Å². The third-order valence-electron chi connectivity index (χ3n) is 1.15. The van der Waals surface area contributed by atoms with Gasteiger partial charge in [0.2, 0.25) is 5.83 Å². The Morgan fingerprint density at radius 1 is 1.11 bits per heavy atom. The van der Waals surface area contributed by atoms with Gasteiger partial charge in [0.25, 0.3) is 5.83 Å². The first-order chi connectivity index (χ1) is 7.72. The van der Waals surface area contributed by atoms with Crippen LogP contribution in [0, 0.1) is 10.1 Å². The van der Waals surface area contributed by atoms with Crippen molar-refractivity contribution in [2.75, 3.05) is 0 Å². The van der Waals surface area contributed by atoms with Gasteiger partial charge in [0.05, 0.1) is 0 Å². The summed E-state index contributed by atoms with van der Waals surface area (Å²) in [4.78, 5) is 6.74. The van der Waals surface area contributed by atoms with Crippen molar-refractivity contribution >= 4 is 10.5 Å². The molecule has 18 heavy (non-hydrogen) atoms. The number of rotatable bonds is 5. The van der Waals surface area contributed by atoms with E-state index < -0.39 is 39.2 Å². The smallest absolute Gasteiger partial charge is 0.259 e. The number of nitrogens with zero attached hydrogens (tertiary/aromatic N) is 1. The molecule has 0 amide bonds.